The van der Waals surface area contributed by atoms with Gasteiger partial charge >= 0.3 is 0 Å². The van der Waals surface area contributed by atoms with Crippen molar-refractivity contribution in [3.63, 3.8) is 0 Å². The Morgan fingerprint density at radius 3 is 2.26 bits per heavy atom. The normalized spacial score (nSPS) is 14.5. The molecule has 2 N–H and O–H groups in total. The predicted octanol–water partition coefficient (Wildman–Crippen LogP) is 2.84. The van der Waals surface area contributed by atoms with Crippen LogP contribution in [0.5, 0.6) is 0 Å². The highest BCUT2D eigenvalue weighted by molar-refractivity contribution is 7.89. The minimum Gasteiger partial charge on any atom is -0.387 e. The molecule has 124 valence electrons. The molecule has 2 rings (SSSR count). The van der Waals surface area contributed by atoms with Crippen LogP contribution in [0.3, 0.4) is 0 Å². The number of hydrogen-bond acceptors (Lipinski definition) is 3. The molecular weight excluding hydrogens is 317 g/mol. The van der Waals surface area contributed by atoms with Crippen LogP contribution in [0.4, 0.5) is 4.39 Å². The number of aliphatic hydroxyl groups is 1. The highest BCUT2D eigenvalue weighted by Gasteiger charge is 2.24. The second kappa shape index (κ2) is 6.78. The zero-order valence-corrected chi connectivity index (χ0v) is 14.1. The smallest absolute Gasteiger partial charge is 0.241 e. The lowest BCUT2D eigenvalue weighted by atomic mass is 10.0. The first-order valence-corrected chi connectivity index (χ1v) is 8.72. The molecule has 2 unspecified atom stereocenters. The van der Waals surface area contributed by atoms with E-state index in [1.165, 1.54) is 24.3 Å². The summed E-state index contributed by atoms with van der Waals surface area (Å²) < 4.78 is 40.4. The Kier molecular flexibility index (Phi) is 5.19. The number of halogens is 1. The summed E-state index contributed by atoms with van der Waals surface area (Å²) in [7, 11) is -3.75. The van der Waals surface area contributed by atoms with Gasteiger partial charge in [-0.15, -0.1) is 0 Å². The van der Waals surface area contributed by atoms with Gasteiger partial charge in [-0.2, -0.15) is 0 Å². The summed E-state index contributed by atoms with van der Waals surface area (Å²) in [5, 5.41) is 10.3. The number of rotatable bonds is 5. The van der Waals surface area contributed by atoms with Crippen molar-refractivity contribution in [3.8, 4) is 0 Å². The molecule has 0 aliphatic carbocycles. The number of sulfonamides is 1. The average Bonchev–Trinajstić information content (AvgIpc) is 2.46. The van der Waals surface area contributed by atoms with Crippen molar-refractivity contribution < 1.29 is 17.9 Å². The molecule has 0 aliphatic heterocycles. The third-order valence-corrected chi connectivity index (χ3v) is 5.37. The van der Waals surface area contributed by atoms with Crippen LogP contribution in [0.25, 0.3) is 0 Å². The molecule has 0 heterocycles. The van der Waals surface area contributed by atoms with Gasteiger partial charge in [0.05, 0.1) is 11.0 Å². The molecule has 2 aromatic rings. The maximum absolute atomic E-state index is 12.9. The zero-order chi connectivity index (χ0) is 17.2. The molecule has 6 heteroatoms. The molecule has 23 heavy (non-hydrogen) atoms. The monoisotopic (exact) mass is 337 g/mol. The van der Waals surface area contributed by atoms with Crippen LogP contribution in [0, 0.1) is 19.7 Å². The minimum absolute atomic E-state index is 0.182. The fourth-order valence-corrected chi connectivity index (χ4v) is 3.90. The molecule has 0 aromatic heterocycles. The van der Waals surface area contributed by atoms with E-state index in [0.29, 0.717) is 11.1 Å². The molecule has 0 saturated carbocycles. The van der Waals surface area contributed by atoms with Gasteiger partial charge in [0.2, 0.25) is 10.0 Å². The molecule has 0 amide bonds. The first-order valence-electron chi connectivity index (χ1n) is 7.24. The molecule has 0 saturated heterocycles. The largest absolute Gasteiger partial charge is 0.387 e. The maximum Gasteiger partial charge on any atom is 0.241 e. The van der Waals surface area contributed by atoms with E-state index in [4.69, 9.17) is 0 Å². The van der Waals surface area contributed by atoms with Crippen molar-refractivity contribution in [3.05, 3.63) is 65.0 Å². The number of nitrogens with one attached hydrogen (secondary N) is 1. The van der Waals surface area contributed by atoms with Crippen LogP contribution >= 0.6 is 0 Å². The lowest BCUT2D eigenvalue weighted by Crippen LogP contribution is -2.37. The fourth-order valence-electron chi connectivity index (χ4n) is 2.42. The van der Waals surface area contributed by atoms with E-state index in [2.05, 4.69) is 4.72 Å². The summed E-state index contributed by atoms with van der Waals surface area (Å²) in [6.45, 7) is 5.18. The van der Waals surface area contributed by atoms with Crippen molar-refractivity contribution in [1.82, 2.24) is 4.72 Å². The van der Waals surface area contributed by atoms with Gasteiger partial charge in [-0.05, 0) is 50.1 Å². The number of aliphatic hydroxyl groups excluding tert-OH is 1. The van der Waals surface area contributed by atoms with Gasteiger partial charge in [-0.1, -0.05) is 29.8 Å². The Hall–Kier alpha value is -1.76. The molecule has 2 aromatic carbocycles. The van der Waals surface area contributed by atoms with E-state index in [1.807, 2.05) is 6.92 Å². The van der Waals surface area contributed by atoms with Gasteiger partial charge < -0.3 is 5.11 Å². The van der Waals surface area contributed by atoms with Gasteiger partial charge in [0.15, 0.2) is 0 Å². The summed E-state index contributed by atoms with van der Waals surface area (Å²) in [5.74, 6) is -0.413. The van der Waals surface area contributed by atoms with Gasteiger partial charge in [0.25, 0.3) is 0 Å². The summed E-state index contributed by atoms with van der Waals surface area (Å²) in [4.78, 5) is 0.182. The van der Waals surface area contributed by atoms with Crippen LogP contribution in [-0.4, -0.2) is 19.6 Å². The molecule has 0 radical (unpaired) electrons. The van der Waals surface area contributed by atoms with E-state index >= 15 is 0 Å². The van der Waals surface area contributed by atoms with E-state index in [1.54, 1.807) is 32.0 Å². The Morgan fingerprint density at radius 1 is 1.09 bits per heavy atom. The Balaban J connectivity index is 2.20. The SMILES string of the molecule is Cc1ccc(S(=O)(=O)NC(C)C(O)c2ccc(F)cc2)c(C)c1. The maximum atomic E-state index is 12.9. The third kappa shape index (κ3) is 4.16. The van der Waals surface area contributed by atoms with Gasteiger partial charge in [0.1, 0.15) is 5.82 Å². The Bertz CT molecular complexity index is 788. The van der Waals surface area contributed by atoms with Crippen molar-refractivity contribution in [2.75, 3.05) is 0 Å². The third-order valence-electron chi connectivity index (χ3n) is 3.65. The highest BCUT2D eigenvalue weighted by Crippen LogP contribution is 2.21. The van der Waals surface area contributed by atoms with E-state index in [0.717, 1.165) is 5.56 Å². The predicted molar refractivity (Wildman–Crippen MR) is 87.1 cm³/mol. The summed E-state index contributed by atoms with van der Waals surface area (Å²) in [6, 6.07) is 9.62. The minimum atomic E-state index is -3.75. The standard InChI is InChI=1S/C17H20FNO3S/c1-11-4-9-16(12(2)10-11)23(21,22)19-13(3)17(20)14-5-7-15(18)8-6-14/h4-10,13,17,19-20H,1-3H3. The molecule has 0 spiro atoms. The number of aryl methyl sites for hydroxylation is 2. The molecule has 2 atom stereocenters. The van der Waals surface area contributed by atoms with E-state index < -0.39 is 28.0 Å². The highest BCUT2D eigenvalue weighted by atomic mass is 32.2. The van der Waals surface area contributed by atoms with Crippen LogP contribution in [0.1, 0.15) is 29.7 Å². The van der Waals surface area contributed by atoms with Crippen molar-refractivity contribution >= 4 is 10.0 Å². The molecule has 0 aliphatic rings. The van der Waals surface area contributed by atoms with Gasteiger partial charge in [-0.3, -0.25) is 0 Å². The lowest BCUT2D eigenvalue weighted by Gasteiger charge is -2.21. The molecule has 0 fully saturated rings. The second-order valence-electron chi connectivity index (χ2n) is 5.68. The average molecular weight is 337 g/mol. The Morgan fingerprint density at radius 2 is 1.70 bits per heavy atom. The van der Waals surface area contributed by atoms with Crippen molar-refractivity contribution in [1.29, 1.82) is 0 Å². The molecular formula is C17H20FNO3S. The Labute approximate surface area is 136 Å². The number of hydrogen-bond donors (Lipinski definition) is 2. The van der Waals surface area contributed by atoms with E-state index in [9.17, 15) is 17.9 Å². The van der Waals surface area contributed by atoms with E-state index in [-0.39, 0.29) is 4.90 Å². The zero-order valence-electron chi connectivity index (χ0n) is 13.2. The van der Waals surface area contributed by atoms with Crippen molar-refractivity contribution in [2.45, 2.75) is 37.8 Å². The second-order valence-corrected chi connectivity index (χ2v) is 7.36. The summed E-state index contributed by atoms with van der Waals surface area (Å²) in [6.07, 6.45) is -1.07. The summed E-state index contributed by atoms with van der Waals surface area (Å²) in [5.41, 5.74) is 2.06. The van der Waals surface area contributed by atoms with Gasteiger partial charge in [0, 0.05) is 6.04 Å². The first-order chi connectivity index (χ1) is 10.7. The summed E-state index contributed by atoms with van der Waals surface area (Å²) >= 11 is 0. The molecule has 0 bridgehead atoms. The van der Waals surface area contributed by atoms with Crippen LogP contribution in [0.15, 0.2) is 47.4 Å². The van der Waals surface area contributed by atoms with Gasteiger partial charge in [-0.25, -0.2) is 17.5 Å². The topological polar surface area (TPSA) is 66.4 Å². The molecule has 4 nitrogen and oxygen atoms in total. The lowest BCUT2D eigenvalue weighted by molar-refractivity contribution is 0.146. The fraction of sp³-hybridized carbons (Fsp3) is 0.294. The van der Waals surface area contributed by atoms with Crippen molar-refractivity contribution in [2.24, 2.45) is 0 Å². The number of benzene rings is 2. The van der Waals surface area contributed by atoms with Crippen LogP contribution in [0.2, 0.25) is 0 Å². The first kappa shape index (κ1) is 17.6. The van der Waals surface area contributed by atoms with Crippen LogP contribution < -0.4 is 4.72 Å². The van der Waals surface area contributed by atoms with Crippen LogP contribution in [-0.2, 0) is 10.0 Å². The quantitative estimate of drug-likeness (QED) is 0.882.